The molecule has 2 nitrogen and oxygen atoms in total. The van der Waals surface area contributed by atoms with Crippen LogP contribution in [0.2, 0.25) is 0 Å². The Morgan fingerprint density at radius 3 is 2.62 bits per heavy atom. The summed E-state index contributed by atoms with van der Waals surface area (Å²) in [6.45, 7) is 3.71. The van der Waals surface area contributed by atoms with Crippen molar-refractivity contribution in [2.24, 2.45) is 0 Å². The van der Waals surface area contributed by atoms with E-state index in [1.807, 2.05) is 0 Å². The van der Waals surface area contributed by atoms with E-state index in [9.17, 15) is 0 Å². The highest BCUT2D eigenvalue weighted by Crippen LogP contribution is 2.42. The fourth-order valence-electron chi connectivity index (χ4n) is 2.25. The minimum absolute atomic E-state index is 0.827. The summed E-state index contributed by atoms with van der Waals surface area (Å²) in [7, 11) is 0. The van der Waals surface area contributed by atoms with Gasteiger partial charge in [-0.2, -0.15) is 0 Å². The number of ether oxygens (including phenoxy) is 1. The van der Waals surface area contributed by atoms with Crippen LogP contribution < -0.4 is 4.90 Å². The van der Waals surface area contributed by atoms with Gasteiger partial charge in [0.25, 0.3) is 0 Å². The Morgan fingerprint density at radius 1 is 1.19 bits per heavy atom. The Labute approximate surface area is 105 Å². The Balaban J connectivity index is 1.88. The molecule has 86 valence electrons. The average molecular weight is 282 g/mol. The summed E-state index contributed by atoms with van der Waals surface area (Å²) in [5.41, 5.74) is 2.84. The van der Waals surface area contributed by atoms with E-state index >= 15 is 0 Å². The first-order valence-corrected chi connectivity index (χ1v) is 6.76. The van der Waals surface area contributed by atoms with E-state index in [-0.39, 0.29) is 0 Å². The van der Waals surface area contributed by atoms with Crippen LogP contribution in [0, 0.1) is 0 Å². The van der Waals surface area contributed by atoms with E-state index in [0.29, 0.717) is 0 Å². The predicted octanol–water partition coefficient (Wildman–Crippen LogP) is 3.16. The Bertz CT molecular complexity index is 384. The van der Waals surface area contributed by atoms with Gasteiger partial charge in [0, 0.05) is 17.6 Å². The molecule has 0 amide bonds. The molecule has 2 aliphatic rings. The van der Waals surface area contributed by atoms with Crippen LogP contribution in [0.4, 0.5) is 5.69 Å². The molecule has 1 heterocycles. The van der Waals surface area contributed by atoms with Crippen LogP contribution in [0.5, 0.6) is 0 Å². The zero-order chi connectivity index (χ0) is 11.0. The van der Waals surface area contributed by atoms with Crippen molar-refractivity contribution < 1.29 is 4.74 Å². The van der Waals surface area contributed by atoms with Gasteiger partial charge < -0.3 is 9.64 Å². The van der Waals surface area contributed by atoms with Gasteiger partial charge in [-0.3, -0.25) is 0 Å². The maximum absolute atomic E-state index is 5.39. The minimum atomic E-state index is 0.827. The second kappa shape index (κ2) is 4.38. The number of anilines is 1. The van der Waals surface area contributed by atoms with E-state index in [4.69, 9.17) is 4.74 Å². The van der Waals surface area contributed by atoms with Crippen molar-refractivity contribution >= 4 is 21.6 Å². The van der Waals surface area contributed by atoms with Crippen LogP contribution >= 0.6 is 15.9 Å². The fraction of sp³-hybridized carbons (Fsp3) is 0.538. The molecule has 3 rings (SSSR count). The van der Waals surface area contributed by atoms with Crippen molar-refractivity contribution in [3.8, 4) is 0 Å². The molecule has 1 saturated heterocycles. The first kappa shape index (κ1) is 10.6. The van der Waals surface area contributed by atoms with Gasteiger partial charge in [0.05, 0.1) is 18.9 Å². The van der Waals surface area contributed by atoms with E-state index in [0.717, 1.165) is 32.2 Å². The number of nitrogens with zero attached hydrogens (tertiary/aromatic N) is 1. The summed E-state index contributed by atoms with van der Waals surface area (Å²) in [5, 5.41) is 0. The molecule has 1 aliphatic heterocycles. The minimum Gasteiger partial charge on any atom is -0.378 e. The maximum atomic E-state index is 5.39. The molecule has 2 fully saturated rings. The molecule has 0 atom stereocenters. The van der Waals surface area contributed by atoms with Crippen LogP contribution in [-0.4, -0.2) is 26.3 Å². The highest BCUT2D eigenvalue weighted by molar-refractivity contribution is 9.10. The zero-order valence-electron chi connectivity index (χ0n) is 9.29. The number of hydrogen-bond acceptors (Lipinski definition) is 2. The average Bonchev–Trinajstić information content (AvgIpc) is 3.15. The van der Waals surface area contributed by atoms with Crippen LogP contribution in [-0.2, 0) is 4.74 Å². The van der Waals surface area contributed by atoms with Gasteiger partial charge in [0.2, 0.25) is 0 Å². The molecule has 0 N–H and O–H groups in total. The molecular weight excluding hydrogens is 266 g/mol. The number of rotatable bonds is 2. The summed E-state index contributed by atoms with van der Waals surface area (Å²) in [5.74, 6) is 0.827. The van der Waals surface area contributed by atoms with E-state index in [1.165, 1.54) is 28.6 Å². The van der Waals surface area contributed by atoms with Crippen molar-refractivity contribution in [3.05, 3.63) is 28.2 Å². The molecule has 0 aromatic heterocycles. The first-order valence-electron chi connectivity index (χ1n) is 5.97. The van der Waals surface area contributed by atoms with Gasteiger partial charge in [0.1, 0.15) is 0 Å². The lowest BCUT2D eigenvalue weighted by atomic mass is 10.1. The number of halogens is 1. The standard InChI is InChI=1S/C13H16BrNO/c14-12-4-3-11(10-1-2-10)9-13(12)15-5-7-16-8-6-15/h3-4,9-10H,1-2,5-8H2. The Hall–Kier alpha value is -0.540. The maximum Gasteiger partial charge on any atom is 0.0642 e. The molecular formula is C13H16BrNO. The SMILES string of the molecule is Brc1ccc(C2CC2)cc1N1CCOCC1. The van der Waals surface area contributed by atoms with Crippen LogP contribution in [0.15, 0.2) is 22.7 Å². The molecule has 1 aromatic rings. The van der Waals surface area contributed by atoms with Crippen LogP contribution in [0.3, 0.4) is 0 Å². The third kappa shape index (κ3) is 2.11. The van der Waals surface area contributed by atoms with Crippen molar-refractivity contribution in [2.45, 2.75) is 18.8 Å². The fourth-order valence-corrected chi connectivity index (χ4v) is 2.74. The summed E-state index contributed by atoms with van der Waals surface area (Å²) >= 11 is 3.65. The van der Waals surface area contributed by atoms with E-state index in [2.05, 4.69) is 39.0 Å². The number of morpholine rings is 1. The normalized spacial score (nSPS) is 21.2. The molecule has 3 heteroatoms. The van der Waals surface area contributed by atoms with Crippen LogP contribution in [0.25, 0.3) is 0 Å². The lowest BCUT2D eigenvalue weighted by Gasteiger charge is -2.30. The summed E-state index contributed by atoms with van der Waals surface area (Å²) in [4.78, 5) is 2.42. The van der Waals surface area contributed by atoms with Gasteiger partial charge in [-0.15, -0.1) is 0 Å². The largest absolute Gasteiger partial charge is 0.378 e. The number of hydrogen-bond donors (Lipinski definition) is 0. The topological polar surface area (TPSA) is 12.5 Å². The molecule has 1 saturated carbocycles. The lowest BCUT2D eigenvalue weighted by Crippen LogP contribution is -2.36. The molecule has 1 aromatic carbocycles. The Morgan fingerprint density at radius 2 is 1.94 bits per heavy atom. The van der Waals surface area contributed by atoms with Gasteiger partial charge in [-0.1, -0.05) is 6.07 Å². The second-order valence-electron chi connectivity index (χ2n) is 4.58. The van der Waals surface area contributed by atoms with Gasteiger partial charge >= 0.3 is 0 Å². The smallest absolute Gasteiger partial charge is 0.0642 e. The van der Waals surface area contributed by atoms with Crippen molar-refractivity contribution in [3.63, 3.8) is 0 Å². The summed E-state index contributed by atoms with van der Waals surface area (Å²) in [6.07, 6.45) is 2.73. The van der Waals surface area contributed by atoms with E-state index in [1.54, 1.807) is 0 Å². The first-order chi connectivity index (χ1) is 7.84. The van der Waals surface area contributed by atoms with Gasteiger partial charge in [-0.25, -0.2) is 0 Å². The highest BCUT2D eigenvalue weighted by Gasteiger charge is 2.25. The molecule has 0 bridgehead atoms. The molecule has 0 spiro atoms. The monoisotopic (exact) mass is 281 g/mol. The molecule has 1 aliphatic carbocycles. The summed E-state index contributed by atoms with van der Waals surface area (Å²) in [6, 6.07) is 6.80. The third-order valence-electron chi connectivity index (χ3n) is 3.37. The molecule has 16 heavy (non-hydrogen) atoms. The summed E-state index contributed by atoms with van der Waals surface area (Å²) < 4.78 is 6.60. The Kier molecular flexibility index (Phi) is 2.90. The van der Waals surface area contributed by atoms with Gasteiger partial charge in [-0.05, 0) is 52.4 Å². The molecule has 0 radical (unpaired) electrons. The van der Waals surface area contributed by atoms with Gasteiger partial charge in [0.15, 0.2) is 0 Å². The van der Waals surface area contributed by atoms with E-state index < -0.39 is 0 Å². The van der Waals surface area contributed by atoms with Crippen LogP contribution in [0.1, 0.15) is 24.3 Å². The zero-order valence-corrected chi connectivity index (χ0v) is 10.9. The lowest BCUT2D eigenvalue weighted by molar-refractivity contribution is 0.122. The van der Waals surface area contributed by atoms with Crippen molar-refractivity contribution in [1.29, 1.82) is 0 Å². The van der Waals surface area contributed by atoms with Crippen molar-refractivity contribution in [2.75, 3.05) is 31.2 Å². The predicted molar refractivity (Wildman–Crippen MR) is 69.1 cm³/mol. The number of benzene rings is 1. The third-order valence-corrected chi connectivity index (χ3v) is 4.04. The molecule has 0 unspecified atom stereocenters. The quantitative estimate of drug-likeness (QED) is 0.826. The van der Waals surface area contributed by atoms with Crippen molar-refractivity contribution in [1.82, 2.24) is 0 Å². The second-order valence-corrected chi connectivity index (χ2v) is 5.44. The highest BCUT2D eigenvalue weighted by atomic mass is 79.9.